The van der Waals surface area contributed by atoms with Gasteiger partial charge in [-0.1, -0.05) is 6.92 Å². The Bertz CT molecular complexity index is 497. The minimum atomic E-state index is -1.02. The number of rotatable bonds is 3. The lowest BCUT2D eigenvalue weighted by Gasteiger charge is -2.32. The Morgan fingerprint density at radius 1 is 1.58 bits per heavy atom. The standard InChI is InChI=1S/C13H17NO4S/c1-3-10-8(2)6-11(19-10)12(15)14-4-5-18-7-9(14)13(16)17/h6,9H,3-5,7H2,1-2H3,(H,16,17)/t9-/m1/s1. The number of aliphatic carboxylic acids is 1. The molecule has 5 nitrogen and oxygen atoms in total. The van der Waals surface area contributed by atoms with Crippen LogP contribution >= 0.6 is 11.3 Å². The van der Waals surface area contributed by atoms with Crippen molar-refractivity contribution in [3.05, 3.63) is 21.4 Å². The second-order valence-electron chi connectivity index (χ2n) is 4.50. The molecule has 1 aromatic heterocycles. The molecule has 1 aromatic rings. The number of carboxylic acid groups (broad SMARTS) is 1. The van der Waals surface area contributed by atoms with Gasteiger partial charge in [0, 0.05) is 11.4 Å². The van der Waals surface area contributed by atoms with E-state index in [1.807, 2.05) is 19.9 Å². The fourth-order valence-corrected chi connectivity index (χ4v) is 3.24. The monoisotopic (exact) mass is 283 g/mol. The van der Waals surface area contributed by atoms with Gasteiger partial charge in [-0.05, 0) is 25.0 Å². The van der Waals surface area contributed by atoms with E-state index in [2.05, 4.69) is 0 Å². The number of ether oxygens (including phenoxy) is 1. The summed E-state index contributed by atoms with van der Waals surface area (Å²) >= 11 is 1.45. The summed E-state index contributed by atoms with van der Waals surface area (Å²) < 4.78 is 5.14. The number of carbonyl (C=O) groups excluding carboxylic acids is 1. The third-order valence-corrected chi connectivity index (χ3v) is 4.60. The van der Waals surface area contributed by atoms with Crippen LogP contribution in [0.3, 0.4) is 0 Å². The van der Waals surface area contributed by atoms with E-state index in [4.69, 9.17) is 9.84 Å². The van der Waals surface area contributed by atoms with Crippen LogP contribution < -0.4 is 0 Å². The Labute approximate surface area is 115 Å². The fourth-order valence-electron chi connectivity index (χ4n) is 2.17. The second kappa shape index (κ2) is 5.71. The Kier molecular flexibility index (Phi) is 4.21. The average Bonchev–Trinajstić information content (AvgIpc) is 2.79. The molecule has 0 aliphatic carbocycles. The van der Waals surface area contributed by atoms with Gasteiger partial charge >= 0.3 is 5.97 Å². The number of amides is 1. The number of thiophene rings is 1. The molecule has 2 rings (SSSR count). The van der Waals surface area contributed by atoms with Crippen molar-refractivity contribution in [2.75, 3.05) is 19.8 Å². The molecule has 0 aromatic carbocycles. The molecule has 1 aliphatic rings. The predicted molar refractivity (Wildman–Crippen MR) is 71.7 cm³/mol. The predicted octanol–water partition coefficient (Wildman–Crippen LogP) is 1.54. The van der Waals surface area contributed by atoms with Gasteiger partial charge in [0.25, 0.3) is 5.91 Å². The van der Waals surface area contributed by atoms with Crippen LogP contribution in [0.15, 0.2) is 6.07 Å². The van der Waals surface area contributed by atoms with Gasteiger partial charge in [0.15, 0.2) is 6.04 Å². The summed E-state index contributed by atoms with van der Waals surface area (Å²) in [5.41, 5.74) is 1.09. The summed E-state index contributed by atoms with van der Waals surface area (Å²) in [4.78, 5) is 26.8. The zero-order valence-electron chi connectivity index (χ0n) is 11.0. The van der Waals surface area contributed by atoms with Crippen LogP contribution in [0.1, 0.15) is 27.0 Å². The van der Waals surface area contributed by atoms with E-state index in [0.29, 0.717) is 18.0 Å². The summed E-state index contributed by atoms with van der Waals surface area (Å²) in [6, 6.07) is 0.967. The molecule has 1 saturated heterocycles. The molecule has 0 saturated carbocycles. The number of aryl methyl sites for hydroxylation is 2. The quantitative estimate of drug-likeness (QED) is 0.914. The first-order chi connectivity index (χ1) is 9.04. The maximum atomic E-state index is 12.4. The average molecular weight is 283 g/mol. The molecule has 0 spiro atoms. The molecule has 6 heteroatoms. The van der Waals surface area contributed by atoms with Gasteiger partial charge < -0.3 is 14.7 Å². The number of morpholine rings is 1. The summed E-state index contributed by atoms with van der Waals surface area (Å²) in [5.74, 6) is -1.22. The minimum absolute atomic E-state index is 0.0616. The molecule has 104 valence electrons. The molecule has 1 aliphatic heterocycles. The Balaban J connectivity index is 2.23. The highest BCUT2D eigenvalue weighted by atomic mass is 32.1. The topological polar surface area (TPSA) is 66.8 Å². The van der Waals surface area contributed by atoms with Crippen molar-refractivity contribution in [3.63, 3.8) is 0 Å². The zero-order chi connectivity index (χ0) is 14.0. The van der Waals surface area contributed by atoms with Crippen molar-refractivity contribution in [2.24, 2.45) is 0 Å². The van der Waals surface area contributed by atoms with E-state index in [1.165, 1.54) is 21.1 Å². The van der Waals surface area contributed by atoms with Crippen LogP contribution in [0.5, 0.6) is 0 Å². The second-order valence-corrected chi connectivity index (χ2v) is 5.63. The highest BCUT2D eigenvalue weighted by Gasteiger charge is 2.33. The fraction of sp³-hybridized carbons (Fsp3) is 0.538. The van der Waals surface area contributed by atoms with Gasteiger partial charge in [0.2, 0.25) is 0 Å². The normalized spacial score (nSPS) is 19.5. The van der Waals surface area contributed by atoms with Crippen molar-refractivity contribution in [2.45, 2.75) is 26.3 Å². The van der Waals surface area contributed by atoms with Gasteiger partial charge in [0.1, 0.15) is 0 Å². The zero-order valence-corrected chi connectivity index (χ0v) is 11.8. The number of carboxylic acids is 1. The van der Waals surface area contributed by atoms with Crippen LogP contribution in [-0.4, -0.2) is 47.7 Å². The van der Waals surface area contributed by atoms with E-state index >= 15 is 0 Å². The maximum absolute atomic E-state index is 12.4. The van der Waals surface area contributed by atoms with Gasteiger partial charge in [-0.25, -0.2) is 4.79 Å². The number of carbonyl (C=O) groups is 2. The van der Waals surface area contributed by atoms with E-state index in [0.717, 1.165) is 12.0 Å². The van der Waals surface area contributed by atoms with Gasteiger partial charge in [-0.3, -0.25) is 4.79 Å². The third-order valence-electron chi connectivity index (χ3n) is 3.23. The summed E-state index contributed by atoms with van der Waals surface area (Å²) in [6.45, 7) is 4.79. The van der Waals surface area contributed by atoms with Crippen LogP contribution in [0, 0.1) is 6.92 Å². The number of hydrogen-bond acceptors (Lipinski definition) is 4. The van der Waals surface area contributed by atoms with E-state index < -0.39 is 12.0 Å². The van der Waals surface area contributed by atoms with Gasteiger partial charge in [-0.15, -0.1) is 11.3 Å². The summed E-state index contributed by atoms with van der Waals surface area (Å²) in [6.07, 6.45) is 0.884. The lowest BCUT2D eigenvalue weighted by atomic mass is 10.2. The molecular weight excluding hydrogens is 266 g/mol. The SMILES string of the molecule is CCc1sc(C(=O)N2CCOC[C@@H]2C(=O)O)cc1C. The Hall–Kier alpha value is -1.40. The summed E-state index contributed by atoms with van der Waals surface area (Å²) in [7, 11) is 0. The van der Waals surface area contributed by atoms with Crippen molar-refractivity contribution in [3.8, 4) is 0 Å². The van der Waals surface area contributed by atoms with Crippen LogP contribution in [0.4, 0.5) is 0 Å². The van der Waals surface area contributed by atoms with Crippen molar-refractivity contribution >= 4 is 23.2 Å². The smallest absolute Gasteiger partial charge is 0.328 e. The molecule has 1 fully saturated rings. The van der Waals surface area contributed by atoms with Gasteiger partial charge in [0.05, 0.1) is 18.1 Å². The highest BCUT2D eigenvalue weighted by Crippen LogP contribution is 2.25. The first-order valence-electron chi connectivity index (χ1n) is 6.25. The van der Waals surface area contributed by atoms with E-state index in [-0.39, 0.29) is 12.5 Å². The highest BCUT2D eigenvalue weighted by molar-refractivity contribution is 7.14. The van der Waals surface area contributed by atoms with Crippen molar-refractivity contribution in [1.82, 2.24) is 4.90 Å². The van der Waals surface area contributed by atoms with Crippen LogP contribution in [0.25, 0.3) is 0 Å². The molecule has 0 unspecified atom stereocenters. The lowest BCUT2D eigenvalue weighted by molar-refractivity contribution is -0.147. The minimum Gasteiger partial charge on any atom is -0.480 e. The number of hydrogen-bond donors (Lipinski definition) is 1. The molecule has 0 radical (unpaired) electrons. The van der Waals surface area contributed by atoms with E-state index in [9.17, 15) is 9.59 Å². The molecule has 1 N–H and O–H groups in total. The molecule has 19 heavy (non-hydrogen) atoms. The molecule has 1 atom stereocenters. The summed E-state index contributed by atoms with van der Waals surface area (Å²) in [5, 5.41) is 9.14. The molecule has 0 bridgehead atoms. The van der Waals surface area contributed by atoms with Crippen molar-refractivity contribution < 1.29 is 19.4 Å². The van der Waals surface area contributed by atoms with Crippen molar-refractivity contribution in [1.29, 1.82) is 0 Å². The Morgan fingerprint density at radius 3 is 2.89 bits per heavy atom. The maximum Gasteiger partial charge on any atom is 0.328 e. The lowest BCUT2D eigenvalue weighted by Crippen LogP contribution is -2.52. The first kappa shape index (κ1) is 14.0. The first-order valence-corrected chi connectivity index (χ1v) is 7.07. The van der Waals surface area contributed by atoms with E-state index in [1.54, 1.807) is 0 Å². The van der Waals surface area contributed by atoms with Crippen LogP contribution in [-0.2, 0) is 16.0 Å². The Morgan fingerprint density at radius 2 is 2.32 bits per heavy atom. The molecular formula is C13H17NO4S. The van der Waals surface area contributed by atoms with Crippen LogP contribution in [0.2, 0.25) is 0 Å². The number of nitrogens with zero attached hydrogens (tertiary/aromatic N) is 1. The third kappa shape index (κ3) is 2.79. The molecule has 1 amide bonds. The molecule has 2 heterocycles. The largest absolute Gasteiger partial charge is 0.480 e. The van der Waals surface area contributed by atoms with Gasteiger partial charge in [-0.2, -0.15) is 0 Å².